The first-order valence-electron chi connectivity index (χ1n) is 12.0. The van der Waals surface area contributed by atoms with Gasteiger partial charge in [-0.3, -0.25) is 14.4 Å². The number of carbonyl (C=O) groups excluding carboxylic acids is 3. The lowest BCUT2D eigenvalue weighted by atomic mass is 9.87. The molecule has 8 heteroatoms. The number of benzene rings is 1. The second-order valence-electron chi connectivity index (χ2n) is 9.05. The molecule has 2 fully saturated rings. The van der Waals surface area contributed by atoms with Crippen molar-refractivity contribution >= 4 is 17.7 Å². The maximum Gasteiger partial charge on any atom is 0.243 e. The summed E-state index contributed by atoms with van der Waals surface area (Å²) in [6.45, 7) is 2.72. The summed E-state index contributed by atoms with van der Waals surface area (Å²) in [5.74, 6) is 1.08. The summed E-state index contributed by atoms with van der Waals surface area (Å²) >= 11 is 0. The molecule has 0 unspecified atom stereocenters. The van der Waals surface area contributed by atoms with Gasteiger partial charge in [-0.2, -0.15) is 0 Å². The molecule has 0 radical (unpaired) electrons. The van der Waals surface area contributed by atoms with Gasteiger partial charge in [-0.15, -0.1) is 0 Å². The standard InChI is InChI=1S/C25H37N3O5/c1-17(29)26-21(16-19-10-7-11-22(32-2)23(19)33-3)24(30)27-20-12-14-28(15-13-20)25(31)18-8-5-4-6-9-18/h7,10-11,18,20-21H,4-6,8-9,12-16H2,1-3H3,(H,26,29)(H,27,30)/t21-/m0/s1. The normalized spacial score (nSPS) is 18.3. The van der Waals surface area contributed by atoms with E-state index in [4.69, 9.17) is 9.47 Å². The van der Waals surface area contributed by atoms with Gasteiger partial charge < -0.3 is 25.0 Å². The fourth-order valence-electron chi connectivity index (χ4n) is 4.94. The number of amides is 3. The van der Waals surface area contributed by atoms with E-state index in [1.165, 1.54) is 13.3 Å². The third-order valence-corrected chi connectivity index (χ3v) is 6.71. The minimum Gasteiger partial charge on any atom is -0.493 e. The fraction of sp³-hybridized carbons (Fsp3) is 0.640. The zero-order chi connectivity index (χ0) is 23.8. The van der Waals surface area contributed by atoms with Crippen LogP contribution >= 0.6 is 0 Å². The van der Waals surface area contributed by atoms with Crippen molar-refractivity contribution in [1.82, 2.24) is 15.5 Å². The summed E-state index contributed by atoms with van der Waals surface area (Å²) in [6, 6.07) is 4.73. The van der Waals surface area contributed by atoms with E-state index in [1.807, 2.05) is 17.0 Å². The van der Waals surface area contributed by atoms with Gasteiger partial charge in [-0.05, 0) is 31.7 Å². The number of carbonyl (C=O) groups is 3. The second kappa shape index (κ2) is 11.9. The van der Waals surface area contributed by atoms with E-state index in [9.17, 15) is 14.4 Å². The van der Waals surface area contributed by atoms with Crippen molar-refractivity contribution in [2.24, 2.45) is 5.92 Å². The Morgan fingerprint density at radius 2 is 1.73 bits per heavy atom. The summed E-state index contributed by atoms with van der Waals surface area (Å²) in [5, 5.41) is 5.85. The van der Waals surface area contributed by atoms with Crippen molar-refractivity contribution in [3.05, 3.63) is 23.8 Å². The number of nitrogens with zero attached hydrogens (tertiary/aromatic N) is 1. The molecular weight excluding hydrogens is 422 g/mol. The number of ether oxygens (including phenoxy) is 2. The van der Waals surface area contributed by atoms with Crippen molar-refractivity contribution in [3.63, 3.8) is 0 Å². The minimum atomic E-state index is -0.731. The molecule has 1 saturated heterocycles. The lowest BCUT2D eigenvalue weighted by Crippen LogP contribution is -2.53. The number of piperidine rings is 1. The van der Waals surface area contributed by atoms with Crippen LogP contribution in [-0.2, 0) is 20.8 Å². The van der Waals surface area contributed by atoms with Crippen LogP contribution < -0.4 is 20.1 Å². The number of hydrogen-bond acceptors (Lipinski definition) is 5. The summed E-state index contributed by atoms with van der Waals surface area (Å²) in [7, 11) is 3.11. The zero-order valence-electron chi connectivity index (χ0n) is 20.0. The van der Waals surface area contributed by atoms with Gasteiger partial charge in [0, 0.05) is 44.0 Å². The number of rotatable bonds is 8. The van der Waals surface area contributed by atoms with Gasteiger partial charge in [-0.25, -0.2) is 0 Å². The van der Waals surface area contributed by atoms with Crippen LogP contribution in [0.2, 0.25) is 0 Å². The number of para-hydroxylation sites is 1. The van der Waals surface area contributed by atoms with Crippen molar-refractivity contribution in [3.8, 4) is 11.5 Å². The summed E-state index contributed by atoms with van der Waals surface area (Å²) in [5.41, 5.74) is 0.777. The van der Waals surface area contributed by atoms with Crippen LogP contribution in [0.1, 0.15) is 57.4 Å². The third kappa shape index (κ3) is 6.62. The van der Waals surface area contributed by atoms with Crippen molar-refractivity contribution in [2.75, 3.05) is 27.3 Å². The fourth-order valence-corrected chi connectivity index (χ4v) is 4.94. The molecule has 1 aliphatic carbocycles. The van der Waals surface area contributed by atoms with Gasteiger partial charge in [0.15, 0.2) is 11.5 Å². The monoisotopic (exact) mass is 459 g/mol. The Kier molecular flexibility index (Phi) is 8.97. The van der Waals surface area contributed by atoms with Crippen molar-refractivity contribution < 1.29 is 23.9 Å². The van der Waals surface area contributed by atoms with Gasteiger partial charge in [0.05, 0.1) is 14.2 Å². The molecule has 0 spiro atoms. The molecule has 1 aliphatic heterocycles. The van der Waals surface area contributed by atoms with Gasteiger partial charge in [0.2, 0.25) is 17.7 Å². The van der Waals surface area contributed by atoms with E-state index in [-0.39, 0.29) is 36.1 Å². The molecule has 3 rings (SSSR count). The van der Waals surface area contributed by atoms with Crippen LogP contribution in [-0.4, -0.2) is 62.0 Å². The first-order valence-corrected chi connectivity index (χ1v) is 12.0. The van der Waals surface area contributed by atoms with E-state index in [1.54, 1.807) is 20.3 Å². The predicted molar refractivity (Wildman–Crippen MR) is 125 cm³/mol. The Labute approximate surface area is 196 Å². The van der Waals surface area contributed by atoms with Crippen LogP contribution in [0.5, 0.6) is 11.5 Å². The molecule has 1 aromatic carbocycles. The first-order chi connectivity index (χ1) is 15.9. The lowest BCUT2D eigenvalue weighted by Gasteiger charge is -2.36. The molecule has 1 saturated carbocycles. The quantitative estimate of drug-likeness (QED) is 0.622. The van der Waals surface area contributed by atoms with Crippen LogP contribution in [0, 0.1) is 5.92 Å². The summed E-state index contributed by atoms with van der Waals surface area (Å²) in [6.07, 6.45) is 7.25. The molecule has 0 bridgehead atoms. The first kappa shape index (κ1) is 24.9. The molecule has 8 nitrogen and oxygen atoms in total. The molecule has 2 aliphatic rings. The highest BCUT2D eigenvalue weighted by atomic mass is 16.5. The highest BCUT2D eigenvalue weighted by Gasteiger charge is 2.31. The molecule has 182 valence electrons. The Hall–Kier alpha value is -2.77. The van der Waals surface area contributed by atoms with Crippen LogP contribution in [0.3, 0.4) is 0 Å². The van der Waals surface area contributed by atoms with E-state index in [0.29, 0.717) is 24.6 Å². The number of likely N-dealkylation sites (tertiary alicyclic amines) is 1. The average molecular weight is 460 g/mol. The number of methoxy groups -OCH3 is 2. The van der Waals surface area contributed by atoms with E-state index in [2.05, 4.69) is 10.6 Å². The predicted octanol–water partition coefficient (Wildman–Crippen LogP) is 2.44. The minimum absolute atomic E-state index is 0.0173. The molecule has 0 aromatic heterocycles. The number of hydrogen-bond donors (Lipinski definition) is 2. The maximum atomic E-state index is 13.1. The molecule has 3 amide bonds. The number of nitrogens with one attached hydrogen (secondary N) is 2. The Bertz CT molecular complexity index is 829. The van der Waals surface area contributed by atoms with E-state index in [0.717, 1.165) is 44.1 Å². The van der Waals surface area contributed by atoms with Gasteiger partial charge in [-0.1, -0.05) is 31.4 Å². The maximum absolute atomic E-state index is 13.1. The van der Waals surface area contributed by atoms with E-state index >= 15 is 0 Å². The Morgan fingerprint density at radius 3 is 2.33 bits per heavy atom. The smallest absolute Gasteiger partial charge is 0.243 e. The highest BCUT2D eigenvalue weighted by molar-refractivity contribution is 5.87. The highest BCUT2D eigenvalue weighted by Crippen LogP contribution is 2.31. The third-order valence-electron chi connectivity index (χ3n) is 6.71. The molecule has 2 N–H and O–H groups in total. The van der Waals surface area contributed by atoms with Crippen LogP contribution in [0.25, 0.3) is 0 Å². The van der Waals surface area contributed by atoms with Crippen molar-refractivity contribution in [2.45, 2.75) is 70.4 Å². The van der Waals surface area contributed by atoms with Crippen LogP contribution in [0.4, 0.5) is 0 Å². The average Bonchev–Trinajstić information content (AvgIpc) is 2.83. The zero-order valence-corrected chi connectivity index (χ0v) is 20.0. The largest absolute Gasteiger partial charge is 0.493 e. The van der Waals surface area contributed by atoms with Gasteiger partial charge in [0.25, 0.3) is 0 Å². The second-order valence-corrected chi connectivity index (χ2v) is 9.05. The molecule has 33 heavy (non-hydrogen) atoms. The SMILES string of the molecule is COc1cccc(C[C@H](NC(C)=O)C(=O)NC2CCN(C(=O)C3CCCCC3)CC2)c1OC. The topological polar surface area (TPSA) is 97.0 Å². The summed E-state index contributed by atoms with van der Waals surface area (Å²) in [4.78, 5) is 39.6. The molecular formula is C25H37N3O5. The molecule has 1 heterocycles. The van der Waals surface area contributed by atoms with Gasteiger partial charge >= 0.3 is 0 Å². The Morgan fingerprint density at radius 1 is 1.03 bits per heavy atom. The summed E-state index contributed by atoms with van der Waals surface area (Å²) < 4.78 is 10.8. The lowest BCUT2D eigenvalue weighted by molar-refractivity contribution is -0.138. The Balaban J connectivity index is 1.58. The molecule has 1 atom stereocenters. The van der Waals surface area contributed by atoms with E-state index < -0.39 is 6.04 Å². The van der Waals surface area contributed by atoms with Crippen molar-refractivity contribution in [1.29, 1.82) is 0 Å². The molecule has 1 aromatic rings. The van der Waals surface area contributed by atoms with Gasteiger partial charge in [0.1, 0.15) is 6.04 Å². The van der Waals surface area contributed by atoms with Crippen LogP contribution in [0.15, 0.2) is 18.2 Å².